The van der Waals surface area contributed by atoms with Gasteiger partial charge in [-0.3, -0.25) is 14.4 Å². The SMILES string of the molecule is CCCCCCCCCCCCCCCCCC(=O)OC[C@@H](COC(=O)CCCCCCCCCCC(C)CC)OC(=O)CCCCCCCCCCCCCC(C)C. The molecule has 1 unspecified atom stereocenters. The lowest BCUT2D eigenvalue weighted by Gasteiger charge is -2.18. The van der Waals surface area contributed by atoms with E-state index in [4.69, 9.17) is 14.2 Å². The highest BCUT2D eigenvalue weighted by molar-refractivity contribution is 5.71. The van der Waals surface area contributed by atoms with E-state index in [1.54, 1.807) is 0 Å². The Bertz CT molecular complexity index is 902. The zero-order chi connectivity index (χ0) is 43.3. The molecule has 0 bridgehead atoms. The maximum atomic E-state index is 12.8. The van der Waals surface area contributed by atoms with Crippen molar-refractivity contribution >= 4 is 17.9 Å². The number of carbonyl (C=O) groups is 3. The van der Waals surface area contributed by atoms with Crippen molar-refractivity contribution in [3.05, 3.63) is 0 Å². The molecule has 0 radical (unpaired) electrons. The van der Waals surface area contributed by atoms with Crippen molar-refractivity contribution < 1.29 is 28.6 Å². The molecule has 0 N–H and O–H groups in total. The van der Waals surface area contributed by atoms with Crippen molar-refractivity contribution in [2.45, 2.75) is 298 Å². The van der Waals surface area contributed by atoms with E-state index in [1.165, 1.54) is 180 Å². The smallest absolute Gasteiger partial charge is 0.306 e. The minimum atomic E-state index is -0.762. The highest BCUT2D eigenvalue weighted by Crippen LogP contribution is 2.18. The van der Waals surface area contributed by atoms with Gasteiger partial charge in [0.25, 0.3) is 0 Å². The fraction of sp³-hybridized carbons (Fsp3) is 0.943. The summed E-state index contributed by atoms with van der Waals surface area (Å²) in [5.41, 5.74) is 0. The van der Waals surface area contributed by atoms with E-state index in [0.29, 0.717) is 19.3 Å². The molecule has 0 aromatic heterocycles. The third kappa shape index (κ3) is 45.8. The Balaban J connectivity index is 4.32. The van der Waals surface area contributed by atoms with E-state index in [0.717, 1.165) is 69.6 Å². The second-order valence-electron chi connectivity index (χ2n) is 18.9. The summed E-state index contributed by atoms with van der Waals surface area (Å²) in [5, 5.41) is 0. The summed E-state index contributed by atoms with van der Waals surface area (Å²) in [6.07, 6.45) is 46.5. The van der Waals surface area contributed by atoms with Crippen molar-refractivity contribution in [3.8, 4) is 0 Å². The van der Waals surface area contributed by atoms with E-state index in [2.05, 4.69) is 34.6 Å². The number of esters is 3. The third-order valence-electron chi connectivity index (χ3n) is 12.3. The number of hydrogen-bond acceptors (Lipinski definition) is 6. The van der Waals surface area contributed by atoms with Crippen LogP contribution in [0.25, 0.3) is 0 Å². The molecular formula is C53H102O6. The average molecular weight is 835 g/mol. The molecular weight excluding hydrogens is 733 g/mol. The number of carbonyl (C=O) groups excluding carboxylic acids is 3. The van der Waals surface area contributed by atoms with E-state index in [1.807, 2.05) is 0 Å². The van der Waals surface area contributed by atoms with Gasteiger partial charge in [0, 0.05) is 19.3 Å². The molecule has 0 rings (SSSR count). The molecule has 0 fully saturated rings. The summed E-state index contributed by atoms with van der Waals surface area (Å²) in [5.74, 6) is 0.824. The molecule has 0 spiro atoms. The minimum Gasteiger partial charge on any atom is -0.462 e. The maximum Gasteiger partial charge on any atom is 0.306 e. The number of hydrogen-bond donors (Lipinski definition) is 0. The zero-order valence-electron chi connectivity index (χ0n) is 40.4. The lowest BCUT2D eigenvalue weighted by atomic mass is 9.99. The molecule has 0 aromatic rings. The first-order valence-electron chi connectivity index (χ1n) is 26.3. The fourth-order valence-corrected chi connectivity index (χ4v) is 7.96. The van der Waals surface area contributed by atoms with Gasteiger partial charge in [-0.1, -0.05) is 253 Å². The average Bonchev–Trinajstić information content (AvgIpc) is 3.22. The first-order valence-corrected chi connectivity index (χ1v) is 26.3. The molecule has 6 heteroatoms. The highest BCUT2D eigenvalue weighted by atomic mass is 16.6. The molecule has 0 saturated carbocycles. The van der Waals surface area contributed by atoms with Crippen LogP contribution >= 0.6 is 0 Å². The predicted octanol–water partition coefficient (Wildman–Crippen LogP) is 16.9. The monoisotopic (exact) mass is 835 g/mol. The first-order chi connectivity index (χ1) is 28.8. The molecule has 59 heavy (non-hydrogen) atoms. The Labute approximate surface area is 368 Å². The molecule has 350 valence electrons. The van der Waals surface area contributed by atoms with Crippen molar-refractivity contribution in [1.82, 2.24) is 0 Å². The quantitative estimate of drug-likeness (QED) is 0.0345. The highest BCUT2D eigenvalue weighted by Gasteiger charge is 2.19. The normalized spacial score (nSPS) is 12.5. The Kier molecular flexibility index (Phi) is 44.7. The van der Waals surface area contributed by atoms with Crippen LogP contribution < -0.4 is 0 Å². The molecule has 2 atom stereocenters. The van der Waals surface area contributed by atoms with E-state index >= 15 is 0 Å². The van der Waals surface area contributed by atoms with Crippen molar-refractivity contribution in [2.75, 3.05) is 13.2 Å². The maximum absolute atomic E-state index is 12.8. The van der Waals surface area contributed by atoms with E-state index in [-0.39, 0.29) is 31.1 Å². The summed E-state index contributed by atoms with van der Waals surface area (Å²) in [6, 6.07) is 0. The minimum absolute atomic E-state index is 0.0638. The molecule has 0 saturated heterocycles. The van der Waals surface area contributed by atoms with Gasteiger partial charge in [-0.2, -0.15) is 0 Å². The van der Waals surface area contributed by atoms with E-state index in [9.17, 15) is 14.4 Å². The molecule has 0 aromatic carbocycles. The molecule has 0 aliphatic carbocycles. The van der Waals surface area contributed by atoms with Crippen LogP contribution in [0.4, 0.5) is 0 Å². The van der Waals surface area contributed by atoms with Gasteiger partial charge in [-0.25, -0.2) is 0 Å². The Morgan fingerprint density at radius 3 is 0.966 bits per heavy atom. The van der Waals surface area contributed by atoms with Crippen LogP contribution in [0.5, 0.6) is 0 Å². The Morgan fingerprint density at radius 2 is 0.644 bits per heavy atom. The summed E-state index contributed by atoms with van der Waals surface area (Å²) in [4.78, 5) is 38.0. The standard InChI is InChI=1S/C53H102O6/c1-6-8-9-10-11-12-13-14-15-16-19-22-28-33-38-43-51(54)57-46-50(47-58-52(55)44-39-34-29-25-24-27-32-37-42-49(5)7-2)59-53(56)45-40-35-30-23-20-17-18-21-26-31-36-41-48(3)4/h48-50H,6-47H2,1-5H3/t49?,50-/m0/s1. The lowest BCUT2D eigenvalue weighted by molar-refractivity contribution is -0.167. The first kappa shape index (κ1) is 57.4. The van der Waals surface area contributed by atoms with Crippen LogP contribution in [0.1, 0.15) is 291 Å². The summed E-state index contributed by atoms with van der Waals surface area (Å²) < 4.78 is 16.8. The van der Waals surface area contributed by atoms with Crippen molar-refractivity contribution in [1.29, 1.82) is 0 Å². The lowest BCUT2D eigenvalue weighted by Crippen LogP contribution is -2.30. The van der Waals surface area contributed by atoms with Gasteiger partial charge in [0.2, 0.25) is 0 Å². The number of unbranched alkanes of at least 4 members (excludes halogenated alkanes) is 31. The molecule has 6 nitrogen and oxygen atoms in total. The second kappa shape index (κ2) is 45.9. The van der Waals surface area contributed by atoms with Crippen LogP contribution in [0.15, 0.2) is 0 Å². The van der Waals surface area contributed by atoms with Gasteiger partial charge in [0.15, 0.2) is 6.10 Å². The predicted molar refractivity (Wildman–Crippen MR) is 252 cm³/mol. The summed E-state index contributed by atoms with van der Waals surface area (Å²) in [7, 11) is 0. The van der Waals surface area contributed by atoms with Gasteiger partial charge in [-0.05, 0) is 31.1 Å². The van der Waals surface area contributed by atoms with Gasteiger partial charge in [0.05, 0.1) is 0 Å². The Hall–Kier alpha value is -1.59. The van der Waals surface area contributed by atoms with Crippen molar-refractivity contribution in [2.24, 2.45) is 11.8 Å². The third-order valence-corrected chi connectivity index (χ3v) is 12.3. The van der Waals surface area contributed by atoms with Gasteiger partial charge in [-0.15, -0.1) is 0 Å². The molecule has 0 heterocycles. The van der Waals surface area contributed by atoms with E-state index < -0.39 is 6.10 Å². The molecule has 0 aliphatic heterocycles. The number of rotatable bonds is 47. The van der Waals surface area contributed by atoms with Crippen LogP contribution in [0.2, 0.25) is 0 Å². The molecule has 0 aliphatic rings. The molecule has 0 amide bonds. The largest absolute Gasteiger partial charge is 0.462 e. The van der Waals surface area contributed by atoms with Crippen molar-refractivity contribution in [3.63, 3.8) is 0 Å². The van der Waals surface area contributed by atoms with Gasteiger partial charge >= 0.3 is 17.9 Å². The van der Waals surface area contributed by atoms with Gasteiger partial charge in [0.1, 0.15) is 13.2 Å². The van der Waals surface area contributed by atoms with Crippen LogP contribution in [0, 0.1) is 11.8 Å². The zero-order valence-corrected chi connectivity index (χ0v) is 40.4. The fourth-order valence-electron chi connectivity index (χ4n) is 7.96. The summed E-state index contributed by atoms with van der Waals surface area (Å²) >= 11 is 0. The Morgan fingerprint density at radius 1 is 0.356 bits per heavy atom. The summed E-state index contributed by atoms with van der Waals surface area (Å²) in [6.45, 7) is 11.4. The van der Waals surface area contributed by atoms with Gasteiger partial charge < -0.3 is 14.2 Å². The van der Waals surface area contributed by atoms with Crippen LogP contribution in [-0.2, 0) is 28.6 Å². The number of ether oxygens (including phenoxy) is 3. The van der Waals surface area contributed by atoms with Crippen LogP contribution in [0.3, 0.4) is 0 Å². The van der Waals surface area contributed by atoms with Crippen LogP contribution in [-0.4, -0.2) is 37.2 Å². The topological polar surface area (TPSA) is 78.9 Å². The second-order valence-corrected chi connectivity index (χ2v) is 18.9.